The summed E-state index contributed by atoms with van der Waals surface area (Å²) in [5, 5.41) is 9.43. The molecule has 21 heavy (non-hydrogen) atoms. The maximum atomic E-state index is 12.7. The van der Waals surface area contributed by atoms with Crippen molar-refractivity contribution in [3.63, 3.8) is 0 Å². The largest absolute Gasteiger partial charge is 0.465 e. The number of nitrogens with zero attached hydrogens (tertiary/aromatic N) is 2. The molecule has 1 aromatic carbocycles. The molecule has 1 N–H and O–H groups in total. The molecule has 0 saturated carbocycles. The van der Waals surface area contributed by atoms with Crippen molar-refractivity contribution in [1.29, 1.82) is 0 Å². The Morgan fingerprint density at radius 1 is 1.24 bits per heavy atom. The van der Waals surface area contributed by atoms with E-state index >= 15 is 0 Å². The van der Waals surface area contributed by atoms with Crippen LogP contribution in [0.2, 0.25) is 0 Å². The number of hydrogen-bond donors (Lipinski definition) is 1. The molecule has 2 aliphatic heterocycles. The Morgan fingerprint density at radius 3 is 2.57 bits per heavy atom. The van der Waals surface area contributed by atoms with Crippen molar-refractivity contribution in [3.8, 4) is 0 Å². The third-order valence-corrected chi connectivity index (χ3v) is 4.51. The van der Waals surface area contributed by atoms with Crippen LogP contribution >= 0.6 is 0 Å². The van der Waals surface area contributed by atoms with Crippen LogP contribution in [0, 0.1) is 5.92 Å². The van der Waals surface area contributed by atoms with E-state index in [9.17, 15) is 14.7 Å². The summed E-state index contributed by atoms with van der Waals surface area (Å²) in [6.07, 6.45) is 0.462. The number of carbonyl (C=O) groups excluding carboxylic acids is 1. The average molecular weight is 288 g/mol. The van der Waals surface area contributed by atoms with E-state index in [1.165, 1.54) is 4.90 Å². The topological polar surface area (TPSA) is 60.9 Å². The molecule has 2 atom stereocenters. The van der Waals surface area contributed by atoms with E-state index in [1.807, 2.05) is 29.2 Å². The molecule has 112 valence electrons. The van der Waals surface area contributed by atoms with Gasteiger partial charge in [-0.25, -0.2) is 4.79 Å². The van der Waals surface area contributed by atoms with Gasteiger partial charge in [0.25, 0.3) is 0 Å². The van der Waals surface area contributed by atoms with E-state index < -0.39 is 12.1 Å². The molecule has 2 heterocycles. The van der Waals surface area contributed by atoms with Gasteiger partial charge in [-0.15, -0.1) is 0 Å². The second-order valence-corrected chi connectivity index (χ2v) is 6.08. The molecule has 2 amide bonds. The lowest BCUT2D eigenvalue weighted by molar-refractivity contribution is -0.136. The maximum Gasteiger partial charge on any atom is 0.408 e. The number of likely N-dealkylation sites (tertiary alicyclic amines) is 1. The van der Waals surface area contributed by atoms with Crippen LogP contribution in [-0.4, -0.2) is 46.0 Å². The van der Waals surface area contributed by atoms with E-state index in [1.54, 1.807) is 0 Å². The monoisotopic (exact) mass is 288 g/mol. The van der Waals surface area contributed by atoms with E-state index in [-0.39, 0.29) is 5.91 Å². The van der Waals surface area contributed by atoms with Gasteiger partial charge in [0, 0.05) is 19.5 Å². The van der Waals surface area contributed by atoms with Crippen LogP contribution < -0.4 is 0 Å². The normalized spacial score (nSPS) is 24.8. The molecule has 0 radical (unpaired) electrons. The van der Waals surface area contributed by atoms with Crippen molar-refractivity contribution in [2.24, 2.45) is 5.92 Å². The summed E-state index contributed by atoms with van der Waals surface area (Å²) in [5.41, 5.74) is 2.08. The summed E-state index contributed by atoms with van der Waals surface area (Å²) in [4.78, 5) is 27.3. The highest BCUT2D eigenvalue weighted by atomic mass is 16.4. The predicted molar refractivity (Wildman–Crippen MR) is 77.9 cm³/mol. The lowest BCUT2D eigenvalue weighted by Crippen LogP contribution is -2.52. The minimum Gasteiger partial charge on any atom is -0.465 e. The Morgan fingerprint density at radius 2 is 1.95 bits per heavy atom. The van der Waals surface area contributed by atoms with Crippen LogP contribution in [0.5, 0.6) is 0 Å². The van der Waals surface area contributed by atoms with Crippen molar-refractivity contribution in [1.82, 2.24) is 9.80 Å². The van der Waals surface area contributed by atoms with E-state index in [2.05, 4.69) is 6.92 Å². The van der Waals surface area contributed by atoms with Gasteiger partial charge in [-0.05, 0) is 23.5 Å². The summed E-state index contributed by atoms with van der Waals surface area (Å²) in [6, 6.07) is 7.19. The molecule has 2 aliphatic rings. The lowest BCUT2D eigenvalue weighted by Gasteiger charge is -2.36. The first-order chi connectivity index (χ1) is 10.1. The predicted octanol–water partition coefficient (Wildman–Crippen LogP) is 1.96. The van der Waals surface area contributed by atoms with Crippen molar-refractivity contribution >= 4 is 12.0 Å². The van der Waals surface area contributed by atoms with Gasteiger partial charge >= 0.3 is 6.09 Å². The van der Waals surface area contributed by atoms with Crippen LogP contribution in [0.3, 0.4) is 0 Å². The van der Waals surface area contributed by atoms with Gasteiger partial charge in [0.05, 0.1) is 6.54 Å². The van der Waals surface area contributed by atoms with Crippen LogP contribution in [0.4, 0.5) is 4.79 Å². The van der Waals surface area contributed by atoms with Gasteiger partial charge in [0.2, 0.25) is 5.91 Å². The van der Waals surface area contributed by atoms with E-state index in [0.29, 0.717) is 18.9 Å². The van der Waals surface area contributed by atoms with Crippen molar-refractivity contribution in [3.05, 3.63) is 35.4 Å². The molecule has 1 aromatic rings. The number of rotatable bonds is 1. The molecule has 0 spiro atoms. The van der Waals surface area contributed by atoms with Gasteiger partial charge in [-0.3, -0.25) is 9.69 Å². The Labute approximate surface area is 124 Å². The Hall–Kier alpha value is -2.04. The van der Waals surface area contributed by atoms with Crippen LogP contribution in [0.15, 0.2) is 24.3 Å². The zero-order valence-corrected chi connectivity index (χ0v) is 12.2. The Kier molecular flexibility index (Phi) is 3.57. The number of amides is 2. The van der Waals surface area contributed by atoms with Crippen molar-refractivity contribution < 1.29 is 14.7 Å². The first kappa shape index (κ1) is 13.9. The van der Waals surface area contributed by atoms with E-state index in [4.69, 9.17) is 0 Å². The zero-order chi connectivity index (χ0) is 15.0. The van der Waals surface area contributed by atoms with Crippen molar-refractivity contribution in [2.45, 2.75) is 32.4 Å². The summed E-state index contributed by atoms with van der Waals surface area (Å²) in [6.45, 7) is 3.90. The van der Waals surface area contributed by atoms with Gasteiger partial charge in [-0.2, -0.15) is 0 Å². The molecule has 0 bridgehead atoms. The fraction of sp³-hybridized carbons (Fsp3) is 0.500. The molecule has 1 saturated heterocycles. The summed E-state index contributed by atoms with van der Waals surface area (Å²) in [7, 11) is 0. The molecule has 5 nitrogen and oxygen atoms in total. The second kappa shape index (κ2) is 5.39. The Balaban J connectivity index is 1.85. The second-order valence-electron chi connectivity index (χ2n) is 6.08. The first-order valence-corrected chi connectivity index (χ1v) is 7.41. The highest BCUT2D eigenvalue weighted by Crippen LogP contribution is 2.26. The molecule has 0 aromatic heterocycles. The van der Waals surface area contributed by atoms with E-state index in [0.717, 1.165) is 30.6 Å². The quantitative estimate of drug-likeness (QED) is 0.859. The molecule has 0 unspecified atom stereocenters. The third kappa shape index (κ3) is 2.60. The van der Waals surface area contributed by atoms with Crippen molar-refractivity contribution in [2.75, 3.05) is 13.1 Å². The first-order valence-electron chi connectivity index (χ1n) is 7.41. The molecule has 1 fully saturated rings. The number of fused-ring (bicyclic) bond motifs is 1. The minimum atomic E-state index is -1.02. The molecule has 5 heteroatoms. The highest BCUT2D eigenvalue weighted by molar-refractivity contribution is 5.86. The van der Waals surface area contributed by atoms with Gasteiger partial charge in [-0.1, -0.05) is 31.2 Å². The van der Waals surface area contributed by atoms with Crippen LogP contribution in [-0.2, 0) is 17.8 Å². The van der Waals surface area contributed by atoms with Gasteiger partial charge in [0.1, 0.15) is 6.04 Å². The number of hydrogen-bond acceptors (Lipinski definition) is 2. The fourth-order valence-corrected chi connectivity index (χ4v) is 3.29. The number of carboxylic acid groups (broad SMARTS) is 1. The third-order valence-electron chi connectivity index (χ3n) is 4.51. The van der Waals surface area contributed by atoms with Crippen LogP contribution in [0.25, 0.3) is 0 Å². The Bertz CT molecular complexity index is 572. The summed E-state index contributed by atoms with van der Waals surface area (Å²) < 4.78 is 0. The maximum absolute atomic E-state index is 12.7. The molecule has 3 rings (SSSR count). The SMILES string of the molecule is C[C@H]1CCN(C(=O)[C@@H]2Cc3ccccc3CN2C(=O)O)C1. The molecular weight excluding hydrogens is 268 g/mol. The van der Waals surface area contributed by atoms with Gasteiger partial charge in [0.15, 0.2) is 0 Å². The lowest BCUT2D eigenvalue weighted by atomic mass is 9.93. The molecule has 0 aliphatic carbocycles. The van der Waals surface area contributed by atoms with Crippen LogP contribution in [0.1, 0.15) is 24.5 Å². The summed E-state index contributed by atoms with van der Waals surface area (Å²) >= 11 is 0. The standard InChI is InChI=1S/C16H20N2O3/c1-11-6-7-17(9-11)15(19)14-8-12-4-2-3-5-13(12)10-18(14)16(20)21/h2-5,11,14H,6-10H2,1H3,(H,20,21)/t11-,14-/m0/s1. The fourth-order valence-electron chi connectivity index (χ4n) is 3.29. The number of carbonyl (C=O) groups is 2. The summed E-state index contributed by atoms with van der Waals surface area (Å²) in [5.74, 6) is 0.458. The number of benzene rings is 1. The average Bonchev–Trinajstić information content (AvgIpc) is 2.91. The zero-order valence-electron chi connectivity index (χ0n) is 12.2. The van der Waals surface area contributed by atoms with Gasteiger partial charge < -0.3 is 10.0 Å². The minimum absolute atomic E-state index is 0.0451. The highest BCUT2D eigenvalue weighted by Gasteiger charge is 2.38. The molecular formula is C16H20N2O3. The smallest absolute Gasteiger partial charge is 0.408 e.